The molecule has 1 unspecified atom stereocenters. The lowest BCUT2D eigenvalue weighted by molar-refractivity contribution is -0.192. The molecule has 38 heavy (non-hydrogen) atoms. The van der Waals surface area contributed by atoms with Crippen LogP contribution in [-0.4, -0.2) is 49.0 Å². The summed E-state index contributed by atoms with van der Waals surface area (Å²) in [6.45, 7) is 5.50. The molecule has 0 aromatic heterocycles. The Morgan fingerprint density at radius 2 is 1.26 bits per heavy atom. The molecular formula is C32H38O6. The van der Waals surface area contributed by atoms with Crippen LogP contribution in [0.4, 0.5) is 0 Å². The molecular weight excluding hydrogens is 480 g/mol. The van der Waals surface area contributed by atoms with Crippen LogP contribution < -0.4 is 0 Å². The fraction of sp³-hybridized carbons (Fsp3) is 0.375. The fourth-order valence-electron chi connectivity index (χ4n) is 4.39. The highest BCUT2D eigenvalue weighted by Crippen LogP contribution is 2.31. The summed E-state index contributed by atoms with van der Waals surface area (Å²) in [5.74, 6) is 0. The molecule has 6 nitrogen and oxygen atoms in total. The second-order valence-corrected chi connectivity index (χ2v) is 9.36. The van der Waals surface area contributed by atoms with E-state index >= 15 is 0 Å². The number of hydrogen-bond acceptors (Lipinski definition) is 6. The van der Waals surface area contributed by atoms with Gasteiger partial charge < -0.3 is 28.8 Å². The Morgan fingerprint density at radius 3 is 1.82 bits per heavy atom. The number of aliphatic hydroxyl groups excluding tert-OH is 1. The largest absolute Gasteiger partial charge is 0.388 e. The molecule has 1 aliphatic heterocycles. The number of rotatable bonds is 16. The summed E-state index contributed by atoms with van der Waals surface area (Å²) >= 11 is 0. The number of allylic oxidation sites excluding steroid dienone is 1. The lowest BCUT2D eigenvalue weighted by atomic mass is 10.1. The number of hydrogen-bond donors (Lipinski definition) is 1. The van der Waals surface area contributed by atoms with E-state index in [0.717, 1.165) is 29.5 Å². The zero-order valence-electron chi connectivity index (χ0n) is 21.8. The Hall–Kier alpha value is -2.84. The molecule has 3 aromatic carbocycles. The molecule has 1 saturated heterocycles. The summed E-state index contributed by atoms with van der Waals surface area (Å²) in [5, 5.41) is 11.2. The van der Waals surface area contributed by atoms with Crippen LogP contribution in [-0.2, 0) is 43.5 Å². The van der Waals surface area contributed by atoms with Gasteiger partial charge in [-0.2, -0.15) is 0 Å². The van der Waals surface area contributed by atoms with Gasteiger partial charge >= 0.3 is 0 Å². The van der Waals surface area contributed by atoms with Crippen molar-refractivity contribution in [3.63, 3.8) is 0 Å². The quantitative estimate of drug-likeness (QED) is 0.201. The van der Waals surface area contributed by atoms with E-state index in [0.29, 0.717) is 26.4 Å². The molecule has 1 heterocycles. The van der Waals surface area contributed by atoms with Crippen LogP contribution >= 0.6 is 0 Å². The molecule has 1 N–H and O–H groups in total. The van der Waals surface area contributed by atoms with Crippen molar-refractivity contribution in [1.29, 1.82) is 0 Å². The lowest BCUT2D eigenvalue weighted by Crippen LogP contribution is -2.44. The van der Waals surface area contributed by atoms with Gasteiger partial charge in [-0.1, -0.05) is 97.1 Å². The summed E-state index contributed by atoms with van der Waals surface area (Å²) in [4.78, 5) is 0. The summed E-state index contributed by atoms with van der Waals surface area (Å²) in [6, 6.07) is 29.8. The predicted molar refractivity (Wildman–Crippen MR) is 146 cm³/mol. The molecule has 0 bridgehead atoms. The molecule has 1 aliphatic rings. The van der Waals surface area contributed by atoms with Crippen molar-refractivity contribution >= 4 is 0 Å². The summed E-state index contributed by atoms with van der Waals surface area (Å²) in [7, 11) is 0. The van der Waals surface area contributed by atoms with Crippen molar-refractivity contribution in [3.8, 4) is 0 Å². The van der Waals surface area contributed by atoms with Crippen LogP contribution in [0.5, 0.6) is 0 Å². The first-order valence-corrected chi connectivity index (χ1v) is 13.2. The summed E-state index contributed by atoms with van der Waals surface area (Å²) in [5.41, 5.74) is 3.10. The van der Waals surface area contributed by atoms with E-state index in [1.165, 1.54) is 0 Å². The monoisotopic (exact) mass is 518 g/mol. The van der Waals surface area contributed by atoms with Gasteiger partial charge in [-0.15, -0.1) is 6.58 Å². The zero-order valence-corrected chi connectivity index (χ0v) is 21.8. The van der Waals surface area contributed by atoms with Crippen LogP contribution in [0.1, 0.15) is 29.5 Å². The lowest BCUT2D eigenvalue weighted by Gasteiger charge is -2.27. The van der Waals surface area contributed by atoms with E-state index in [1.54, 1.807) is 0 Å². The van der Waals surface area contributed by atoms with Gasteiger partial charge in [-0.25, -0.2) is 0 Å². The third-order valence-corrected chi connectivity index (χ3v) is 6.39. The van der Waals surface area contributed by atoms with E-state index in [4.69, 9.17) is 23.7 Å². The molecule has 0 aliphatic carbocycles. The fourth-order valence-corrected chi connectivity index (χ4v) is 4.39. The van der Waals surface area contributed by atoms with Crippen molar-refractivity contribution in [2.45, 2.75) is 63.4 Å². The molecule has 0 saturated carbocycles. The minimum absolute atomic E-state index is 0.0966. The van der Waals surface area contributed by atoms with Crippen LogP contribution in [0.15, 0.2) is 104 Å². The van der Waals surface area contributed by atoms with Gasteiger partial charge in [0.2, 0.25) is 0 Å². The van der Waals surface area contributed by atoms with Crippen LogP contribution in [0.2, 0.25) is 0 Å². The van der Waals surface area contributed by atoms with Crippen LogP contribution in [0.25, 0.3) is 0 Å². The maximum atomic E-state index is 11.2. The van der Waals surface area contributed by atoms with Gasteiger partial charge in [0.05, 0.1) is 33.0 Å². The van der Waals surface area contributed by atoms with E-state index in [2.05, 4.69) is 6.58 Å². The van der Waals surface area contributed by atoms with E-state index in [9.17, 15) is 5.11 Å². The van der Waals surface area contributed by atoms with Crippen molar-refractivity contribution in [1.82, 2.24) is 0 Å². The Morgan fingerprint density at radius 1 is 0.737 bits per heavy atom. The highest BCUT2D eigenvalue weighted by Gasteiger charge is 2.50. The first-order chi connectivity index (χ1) is 18.7. The number of benzene rings is 3. The maximum Gasteiger partial charge on any atom is 0.186 e. The van der Waals surface area contributed by atoms with E-state index < -0.39 is 30.7 Å². The van der Waals surface area contributed by atoms with Crippen molar-refractivity contribution < 1.29 is 28.8 Å². The van der Waals surface area contributed by atoms with Gasteiger partial charge in [0, 0.05) is 0 Å². The normalized spacial score (nSPS) is 21.8. The van der Waals surface area contributed by atoms with Crippen molar-refractivity contribution in [2.24, 2.45) is 0 Å². The molecule has 4 rings (SSSR count). The average Bonchev–Trinajstić information content (AvgIpc) is 3.32. The Balaban J connectivity index is 1.47. The highest BCUT2D eigenvalue weighted by molar-refractivity contribution is 5.15. The number of unbranched alkanes of at least 4 members (excludes halogenated alkanes) is 1. The first kappa shape index (κ1) is 28.2. The third-order valence-electron chi connectivity index (χ3n) is 6.39. The Kier molecular flexibility index (Phi) is 11.5. The molecule has 5 atom stereocenters. The number of aliphatic hydroxyl groups is 1. The van der Waals surface area contributed by atoms with Gasteiger partial charge in [0.1, 0.15) is 24.4 Å². The molecule has 0 amide bonds. The maximum absolute atomic E-state index is 11.2. The Labute approximate surface area is 225 Å². The standard InChI is InChI=1S/C32H38O6/c1-2-3-13-20-35-32-31(37-23-27-18-11-6-12-19-27)30(36-22-26-16-9-5-10-17-26)29(38-32)28(33)24-34-21-25-14-7-4-8-15-25/h2,4-12,14-19,28-33H,1,3,13,20-24H2/t28-,29+,30+,31-,32?/m1/s1. The van der Waals surface area contributed by atoms with Gasteiger partial charge in [-0.05, 0) is 29.5 Å². The van der Waals surface area contributed by atoms with Gasteiger partial charge in [-0.3, -0.25) is 0 Å². The van der Waals surface area contributed by atoms with Crippen molar-refractivity contribution in [2.75, 3.05) is 13.2 Å². The topological polar surface area (TPSA) is 66.4 Å². The number of ether oxygens (including phenoxy) is 5. The van der Waals surface area contributed by atoms with E-state index in [-0.39, 0.29) is 6.61 Å². The molecule has 3 aromatic rings. The second kappa shape index (κ2) is 15.5. The van der Waals surface area contributed by atoms with Gasteiger partial charge in [0.15, 0.2) is 6.29 Å². The molecule has 1 fully saturated rings. The minimum Gasteiger partial charge on any atom is -0.388 e. The molecule has 0 radical (unpaired) electrons. The second-order valence-electron chi connectivity index (χ2n) is 9.36. The SMILES string of the molecule is C=CCCCOC1O[C@@H]([C@H](O)COCc2ccccc2)[C@H](OCc2ccccc2)[C@H]1OCc1ccccc1. The molecule has 0 spiro atoms. The first-order valence-electron chi connectivity index (χ1n) is 13.2. The average molecular weight is 519 g/mol. The molecule has 6 heteroatoms. The minimum atomic E-state index is -0.927. The van der Waals surface area contributed by atoms with Gasteiger partial charge in [0.25, 0.3) is 0 Å². The summed E-state index contributed by atoms with van der Waals surface area (Å²) in [6.07, 6.45) is 0.148. The van der Waals surface area contributed by atoms with Crippen LogP contribution in [0, 0.1) is 0 Å². The van der Waals surface area contributed by atoms with E-state index in [1.807, 2.05) is 97.1 Å². The molecule has 202 valence electrons. The predicted octanol–water partition coefficient (Wildman–Crippen LogP) is 5.44. The summed E-state index contributed by atoms with van der Waals surface area (Å²) < 4.78 is 31.0. The van der Waals surface area contributed by atoms with Crippen LogP contribution in [0.3, 0.4) is 0 Å². The smallest absolute Gasteiger partial charge is 0.186 e. The zero-order chi connectivity index (χ0) is 26.4. The highest BCUT2D eigenvalue weighted by atomic mass is 16.7. The van der Waals surface area contributed by atoms with Crippen molar-refractivity contribution in [3.05, 3.63) is 120 Å². The Bertz CT molecular complexity index is 1050. The third kappa shape index (κ3) is 8.60.